The fourth-order valence-corrected chi connectivity index (χ4v) is 6.56. The molecular weight excluding hydrogens is 523 g/mol. The summed E-state index contributed by atoms with van der Waals surface area (Å²) in [6.07, 6.45) is 7.35. The van der Waals surface area contributed by atoms with Crippen molar-refractivity contribution in [2.45, 2.75) is 52.6 Å². The number of methoxy groups -OCH3 is 1. The Balaban J connectivity index is 1.21. The first-order valence-electron chi connectivity index (χ1n) is 14.0. The van der Waals surface area contributed by atoms with Crippen LogP contribution in [0, 0.1) is 29.0 Å². The highest BCUT2D eigenvalue weighted by atomic mass is 19.1. The molecule has 0 spiro atoms. The van der Waals surface area contributed by atoms with E-state index < -0.39 is 0 Å². The Hall–Kier alpha value is -4.28. The van der Waals surface area contributed by atoms with E-state index in [4.69, 9.17) is 9.73 Å². The molecule has 4 aromatic rings. The van der Waals surface area contributed by atoms with Crippen LogP contribution in [-0.2, 0) is 13.0 Å². The lowest BCUT2D eigenvalue weighted by Crippen LogP contribution is -2.56. The second kappa shape index (κ2) is 10.6. The van der Waals surface area contributed by atoms with Crippen LogP contribution in [0.15, 0.2) is 65.2 Å². The summed E-state index contributed by atoms with van der Waals surface area (Å²) in [5, 5.41) is 11.6. The third-order valence-electron chi connectivity index (χ3n) is 9.23. The largest absolute Gasteiger partial charge is 0.497 e. The van der Waals surface area contributed by atoms with Crippen LogP contribution in [0.2, 0.25) is 0 Å². The predicted octanol–water partition coefficient (Wildman–Crippen LogP) is 4.46. The minimum absolute atomic E-state index is 0.176. The smallest absolute Gasteiger partial charge is 0.261 e. The summed E-state index contributed by atoms with van der Waals surface area (Å²) < 4.78 is 22.6. The van der Waals surface area contributed by atoms with Gasteiger partial charge in [0.2, 0.25) is 5.96 Å². The van der Waals surface area contributed by atoms with Crippen LogP contribution in [0.3, 0.4) is 0 Å². The van der Waals surface area contributed by atoms with Crippen molar-refractivity contribution in [3.05, 3.63) is 77.1 Å². The Morgan fingerprint density at radius 1 is 1.15 bits per heavy atom. The Bertz CT molecular complexity index is 1650. The molecule has 3 aliphatic carbocycles. The second-order valence-electron chi connectivity index (χ2n) is 11.8. The van der Waals surface area contributed by atoms with Gasteiger partial charge in [-0.05, 0) is 72.3 Å². The second-order valence-corrected chi connectivity index (χ2v) is 11.8. The number of ether oxygens (including phenoxy) is 1. The standard InChI is InChI=1S/C30H35FN8O2/c1-18-24-11-20(30(24,2)3)12-26(18)36-29(37-39-16-33-34-17-39)35-21-6-8-23-27(13-21)32-15-38(28(23)40)10-9-19-5-7-22(41-4)14-25(19)31/h5-8,13-18,20,24,26H,9-12H2,1-4H3,(H2,35,36,37)/t18?,20?,24?,26-/m0/s1. The summed E-state index contributed by atoms with van der Waals surface area (Å²) in [7, 11) is 1.50. The van der Waals surface area contributed by atoms with Crippen LogP contribution in [-0.4, -0.2) is 43.5 Å². The first-order valence-corrected chi connectivity index (χ1v) is 14.0. The Labute approximate surface area is 237 Å². The van der Waals surface area contributed by atoms with E-state index in [-0.39, 0.29) is 17.4 Å². The van der Waals surface area contributed by atoms with Gasteiger partial charge in [0.05, 0.1) is 30.4 Å². The average molecular weight is 559 g/mol. The molecule has 0 saturated heterocycles. The number of nitrogens with zero attached hydrogens (tertiary/aromatic N) is 6. The van der Waals surface area contributed by atoms with E-state index in [0.29, 0.717) is 64.3 Å². The third-order valence-corrected chi connectivity index (χ3v) is 9.23. The molecule has 3 saturated carbocycles. The van der Waals surface area contributed by atoms with Crippen LogP contribution in [0.1, 0.15) is 39.2 Å². The lowest BCUT2D eigenvalue weighted by atomic mass is 9.45. The molecule has 10 nitrogen and oxygen atoms in total. The number of fused-ring (bicyclic) bond motifs is 3. The number of guanidine groups is 1. The summed E-state index contributed by atoms with van der Waals surface area (Å²) in [5.41, 5.74) is 5.26. The summed E-state index contributed by atoms with van der Waals surface area (Å²) in [5.74, 6) is 2.50. The van der Waals surface area contributed by atoms with Gasteiger partial charge >= 0.3 is 0 Å². The molecule has 3 aliphatic rings. The van der Waals surface area contributed by atoms with Crippen molar-refractivity contribution in [3.63, 3.8) is 0 Å². The molecule has 0 aliphatic heterocycles. The number of nitrogens with one attached hydrogen (secondary N) is 2. The summed E-state index contributed by atoms with van der Waals surface area (Å²) in [6.45, 7) is 7.37. The van der Waals surface area contributed by atoms with Crippen molar-refractivity contribution < 1.29 is 9.13 Å². The van der Waals surface area contributed by atoms with E-state index in [1.807, 2.05) is 12.1 Å². The molecule has 2 aromatic heterocycles. The van der Waals surface area contributed by atoms with E-state index in [9.17, 15) is 9.18 Å². The topological polar surface area (TPSA) is 111 Å². The molecule has 11 heteroatoms. The summed E-state index contributed by atoms with van der Waals surface area (Å²) >= 11 is 0. The lowest BCUT2D eigenvalue weighted by molar-refractivity contribution is -0.108. The molecule has 3 unspecified atom stereocenters. The number of aromatic nitrogens is 5. The van der Waals surface area contributed by atoms with E-state index in [1.165, 1.54) is 30.5 Å². The van der Waals surface area contributed by atoms with Crippen molar-refractivity contribution in [1.82, 2.24) is 24.4 Å². The number of hydrogen-bond acceptors (Lipinski definition) is 6. The highest BCUT2D eigenvalue weighted by molar-refractivity contribution is 6.00. The Morgan fingerprint density at radius 3 is 2.66 bits per heavy atom. The fraction of sp³-hybridized carbons (Fsp3) is 0.433. The molecule has 4 atom stereocenters. The molecule has 41 heavy (non-hydrogen) atoms. The van der Waals surface area contributed by atoms with Crippen molar-refractivity contribution >= 4 is 22.5 Å². The number of halogens is 1. The number of hydrogen-bond donors (Lipinski definition) is 2. The van der Waals surface area contributed by atoms with Gasteiger partial charge in [-0.3, -0.25) is 14.8 Å². The van der Waals surface area contributed by atoms with Gasteiger partial charge < -0.3 is 10.1 Å². The molecule has 214 valence electrons. The molecule has 2 heterocycles. The van der Waals surface area contributed by atoms with Gasteiger partial charge in [-0.25, -0.2) is 19.0 Å². The highest BCUT2D eigenvalue weighted by Crippen LogP contribution is 2.61. The van der Waals surface area contributed by atoms with Crippen molar-refractivity contribution in [1.29, 1.82) is 0 Å². The number of aliphatic imine (C=N–C) groups is 1. The van der Waals surface area contributed by atoms with Crippen LogP contribution in [0.5, 0.6) is 5.75 Å². The van der Waals surface area contributed by atoms with Crippen molar-refractivity contribution in [2.75, 3.05) is 17.9 Å². The third kappa shape index (κ3) is 5.16. The number of anilines is 1. The normalized spacial score (nSPS) is 23.2. The van der Waals surface area contributed by atoms with Gasteiger partial charge in [0.15, 0.2) is 0 Å². The van der Waals surface area contributed by atoms with E-state index in [2.05, 4.69) is 46.7 Å². The van der Waals surface area contributed by atoms with Gasteiger partial charge in [-0.15, -0.1) is 10.2 Å². The van der Waals surface area contributed by atoms with Gasteiger partial charge in [0, 0.05) is 18.3 Å². The zero-order valence-electron chi connectivity index (χ0n) is 23.7. The van der Waals surface area contributed by atoms with E-state index >= 15 is 0 Å². The first-order chi connectivity index (χ1) is 19.7. The zero-order valence-corrected chi connectivity index (χ0v) is 23.7. The maximum atomic E-state index is 14.4. The monoisotopic (exact) mass is 558 g/mol. The fourth-order valence-electron chi connectivity index (χ4n) is 6.56. The van der Waals surface area contributed by atoms with Crippen LogP contribution in [0.4, 0.5) is 10.1 Å². The molecule has 2 bridgehead atoms. The quantitative estimate of drug-likeness (QED) is 0.255. The van der Waals surface area contributed by atoms with Crippen LogP contribution < -0.4 is 21.0 Å². The number of benzene rings is 2. The first kappa shape index (κ1) is 26.9. The molecule has 0 radical (unpaired) electrons. The van der Waals surface area contributed by atoms with Crippen molar-refractivity contribution in [3.8, 4) is 5.75 Å². The lowest BCUT2D eigenvalue weighted by Gasteiger charge is -2.61. The number of rotatable bonds is 7. The molecule has 7 rings (SSSR count). The minimum Gasteiger partial charge on any atom is -0.497 e. The maximum absolute atomic E-state index is 14.4. The number of aryl methyl sites for hydroxylation is 2. The summed E-state index contributed by atoms with van der Waals surface area (Å²) in [4.78, 5) is 22.8. The Kier molecular flexibility index (Phi) is 6.96. The van der Waals surface area contributed by atoms with Crippen LogP contribution >= 0.6 is 0 Å². The van der Waals surface area contributed by atoms with Crippen LogP contribution in [0.25, 0.3) is 10.9 Å². The molecule has 2 N–H and O–H groups in total. The SMILES string of the molecule is COc1ccc(CCn2cnc3cc(NC(=N[C@H]4CC5CC(C4C)C5(C)C)Nn4cnnc4)ccc3c2=O)c(F)c1. The van der Waals surface area contributed by atoms with Gasteiger partial charge in [0.1, 0.15) is 24.2 Å². The van der Waals surface area contributed by atoms with E-state index in [1.54, 1.807) is 35.5 Å². The minimum atomic E-state index is -0.359. The Morgan fingerprint density at radius 2 is 1.95 bits per heavy atom. The highest BCUT2D eigenvalue weighted by Gasteiger charge is 2.56. The van der Waals surface area contributed by atoms with Gasteiger partial charge in [0.25, 0.3) is 5.56 Å². The summed E-state index contributed by atoms with van der Waals surface area (Å²) in [6, 6.07) is 10.4. The van der Waals surface area contributed by atoms with Crippen molar-refractivity contribution in [2.24, 2.45) is 28.2 Å². The molecular formula is C30H35FN8O2. The van der Waals surface area contributed by atoms with Gasteiger partial charge in [-0.2, -0.15) is 0 Å². The maximum Gasteiger partial charge on any atom is 0.261 e. The zero-order chi connectivity index (χ0) is 28.7. The molecule has 3 fully saturated rings. The molecule has 0 amide bonds. The van der Waals surface area contributed by atoms with E-state index in [0.717, 1.165) is 12.1 Å². The predicted molar refractivity (Wildman–Crippen MR) is 156 cm³/mol. The van der Waals surface area contributed by atoms with Gasteiger partial charge in [-0.1, -0.05) is 26.8 Å². The average Bonchev–Trinajstić information content (AvgIpc) is 3.47. The molecule has 2 aromatic carbocycles.